The molecule has 9 aromatic rings. The molecule has 4 heterocycles. The van der Waals surface area contributed by atoms with Crippen molar-refractivity contribution in [2.45, 2.75) is 59.5 Å². The van der Waals surface area contributed by atoms with E-state index in [9.17, 15) is 4.39 Å². The average Bonchev–Trinajstić information content (AvgIpc) is 3.82. The first kappa shape index (κ1) is 33.4. The molecule has 0 atom stereocenters. The zero-order chi connectivity index (χ0) is 45.1. The van der Waals surface area contributed by atoms with Gasteiger partial charge in [-0.05, 0) is 77.0 Å². The summed E-state index contributed by atoms with van der Waals surface area (Å²) in [5.74, 6) is 0.349. The minimum atomic E-state index is -2.19. The van der Waals surface area contributed by atoms with Gasteiger partial charge in [0.2, 0.25) is 5.71 Å². The van der Waals surface area contributed by atoms with Crippen molar-refractivity contribution < 1.29 is 37.1 Å². The van der Waals surface area contributed by atoms with Gasteiger partial charge in [0.05, 0.1) is 30.5 Å². The molecule has 0 fully saturated rings. The minimum Gasteiger partial charge on any atom is -0.486 e. The summed E-state index contributed by atoms with van der Waals surface area (Å²) in [5.41, 5.74) is 9.60. The van der Waals surface area contributed by atoms with E-state index in [-0.39, 0.29) is 31.3 Å². The Morgan fingerprint density at radius 3 is 2.31 bits per heavy atom. The van der Waals surface area contributed by atoms with Gasteiger partial charge in [-0.2, -0.15) is 0 Å². The minimum absolute atomic E-state index is 0. The Morgan fingerprint density at radius 1 is 0.845 bits per heavy atom. The van der Waals surface area contributed by atoms with Gasteiger partial charge >= 0.3 is 0 Å². The maximum absolute atomic E-state index is 13.0. The van der Waals surface area contributed by atoms with Crippen molar-refractivity contribution in [1.29, 1.82) is 0 Å². The van der Waals surface area contributed by atoms with Gasteiger partial charge in [0.1, 0.15) is 0 Å². The number of halogens is 1. The molecule has 58 heavy (non-hydrogen) atoms. The SMILES string of the molecule is [2H]C([2H])([2H])c1cc(-c2[c-]cc(F)cc2)ncc1[Si](C)(C)C.[2H]C([2H])([2H])c1ccc(-c2ccnc3oc4c(-c5nc6ccccc6n5-c5ccc(C(C)(C)C)cc5)[c-]ccc4c23)cc1.[Ir]. The molecule has 0 bridgehead atoms. The number of para-hydroxylation sites is 2. The van der Waals surface area contributed by atoms with E-state index >= 15 is 0 Å². The molecule has 293 valence electrons. The first-order valence-electron chi connectivity index (χ1n) is 21.8. The van der Waals surface area contributed by atoms with Gasteiger partial charge in [0.15, 0.2) is 0 Å². The third-order valence-corrected chi connectivity index (χ3v) is 12.1. The third-order valence-electron chi connectivity index (χ3n) is 10.1. The van der Waals surface area contributed by atoms with Crippen molar-refractivity contribution in [3.8, 4) is 39.5 Å². The van der Waals surface area contributed by atoms with E-state index in [4.69, 9.17) is 17.6 Å². The molecule has 0 saturated heterocycles. The van der Waals surface area contributed by atoms with Crippen LogP contribution in [-0.4, -0.2) is 27.6 Å². The average molecular weight is 963 g/mol. The van der Waals surface area contributed by atoms with Crippen LogP contribution in [0.4, 0.5) is 4.39 Å². The number of nitrogens with zero attached hydrogens (tertiary/aromatic N) is 4. The fraction of sp³-hybridized carbons (Fsp3) is 0.180. The van der Waals surface area contributed by atoms with E-state index in [1.165, 1.54) is 17.7 Å². The van der Waals surface area contributed by atoms with Gasteiger partial charge in [0.25, 0.3) is 0 Å². The quantitative estimate of drug-likeness (QED) is 0.127. The van der Waals surface area contributed by atoms with E-state index in [2.05, 4.69) is 97.4 Å². The Labute approximate surface area is 362 Å². The molecule has 5 nitrogen and oxygen atoms in total. The molecule has 9 rings (SSSR count). The maximum atomic E-state index is 13.0. The third kappa shape index (κ3) is 7.97. The molecule has 0 N–H and O–H groups in total. The van der Waals surface area contributed by atoms with E-state index in [0.29, 0.717) is 33.7 Å². The normalized spacial score (nSPS) is 13.7. The van der Waals surface area contributed by atoms with Crippen molar-refractivity contribution in [1.82, 2.24) is 19.5 Å². The van der Waals surface area contributed by atoms with Crippen LogP contribution in [0.3, 0.4) is 0 Å². The Morgan fingerprint density at radius 2 is 1.62 bits per heavy atom. The van der Waals surface area contributed by atoms with Gasteiger partial charge in [-0.15, -0.1) is 48.0 Å². The van der Waals surface area contributed by atoms with Crippen molar-refractivity contribution in [3.63, 3.8) is 0 Å². The van der Waals surface area contributed by atoms with Crippen LogP contribution < -0.4 is 5.19 Å². The van der Waals surface area contributed by atoms with Crippen LogP contribution in [0.5, 0.6) is 0 Å². The van der Waals surface area contributed by atoms with Gasteiger partial charge in [0, 0.05) is 57.6 Å². The van der Waals surface area contributed by atoms with Gasteiger partial charge in [-0.3, -0.25) is 9.37 Å². The largest absolute Gasteiger partial charge is 0.486 e. The molecule has 1 radical (unpaired) electrons. The number of fused-ring (bicyclic) bond motifs is 4. The number of hydrogen-bond acceptors (Lipinski definition) is 4. The van der Waals surface area contributed by atoms with Crippen LogP contribution in [0.25, 0.3) is 72.6 Å². The molecular weight excluding hydrogens is 912 g/mol. The molecule has 4 aromatic heterocycles. The Balaban J connectivity index is 0.000000236. The number of aromatic nitrogens is 4. The van der Waals surface area contributed by atoms with Crippen molar-refractivity contribution in [3.05, 3.63) is 162 Å². The van der Waals surface area contributed by atoms with Crippen molar-refractivity contribution >= 4 is 46.4 Å². The smallest absolute Gasteiger partial charge is 0.216 e. The molecule has 0 spiro atoms. The Hall–Kier alpha value is -5.53. The second-order valence-corrected chi connectivity index (χ2v) is 21.2. The predicted octanol–water partition coefficient (Wildman–Crippen LogP) is 12.6. The predicted molar refractivity (Wildman–Crippen MR) is 235 cm³/mol. The van der Waals surface area contributed by atoms with Gasteiger partial charge in [-0.1, -0.05) is 117 Å². The summed E-state index contributed by atoms with van der Waals surface area (Å²) >= 11 is 0. The molecule has 0 amide bonds. The van der Waals surface area contributed by atoms with Gasteiger partial charge in [-0.25, -0.2) is 4.98 Å². The number of furan rings is 1. The number of hydrogen-bond donors (Lipinski definition) is 0. The van der Waals surface area contributed by atoms with Crippen LogP contribution in [-0.2, 0) is 25.5 Å². The van der Waals surface area contributed by atoms with Crippen LogP contribution in [0.1, 0.15) is 45.7 Å². The summed E-state index contributed by atoms with van der Waals surface area (Å²) in [4.78, 5) is 14.0. The molecule has 0 aliphatic heterocycles. The molecule has 0 aliphatic rings. The molecule has 8 heteroatoms. The second-order valence-electron chi connectivity index (χ2n) is 16.2. The summed E-state index contributed by atoms with van der Waals surface area (Å²) in [6.45, 7) is 8.55. The molecule has 0 unspecified atom stereocenters. The van der Waals surface area contributed by atoms with Crippen molar-refractivity contribution in [2.75, 3.05) is 0 Å². The number of imidazole rings is 1. The molecule has 0 saturated carbocycles. The number of rotatable bonds is 5. The summed E-state index contributed by atoms with van der Waals surface area (Å²) in [6.07, 6.45) is 3.37. The first-order valence-corrected chi connectivity index (χ1v) is 22.3. The topological polar surface area (TPSA) is 56.7 Å². The fourth-order valence-corrected chi connectivity index (χ4v) is 8.38. The second kappa shape index (κ2) is 16.0. The zero-order valence-electron chi connectivity index (χ0n) is 39.0. The van der Waals surface area contributed by atoms with Gasteiger partial charge < -0.3 is 14.0 Å². The number of aryl methyl sites for hydroxylation is 2. The van der Waals surface area contributed by atoms with Crippen LogP contribution >= 0.6 is 0 Å². The summed E-state index contributed by atoms with van der Waals surface area (Å²) < 4.78 is 68.0. The zero-order valence-corrected chi connectivity index (χ0v) is 36.4. The Kier molecular flexibility index (Phi) is 9.23. The maximum Gasteiger partial charge on any atom is 0.216 e. The van der Waals surface area contributed by atoms with Crippen LogP contribution in [0, 0.1) is 31.7 Å². The van der Waals surface area contributed by atoms with E-state index in [1.807, 2.05) is 48.5 Å². The first-order chi connectivity index (χ1) is 29.7. The summed E-state index contributed by atoms with van der Waals surface area (Å²) in [6, 6.07) is 41.4. The summed E-state index contributed by atoms with van der Waals surface area (Å²) in [7, 11) is -1.81. The van der Waals surface area contributed by atoms with Crippen molar-refractivity contribution in [2.24, 2.45) is 0 Å². The fourth-order valence-electron chi connectivity index (χ4n) is 7.05. The van der Waals surface area contributed by atoms with E-state index < -0.39 is 21.8 Å². The monoisotopic (exact) mass is 963 g/mol. The number of benzene rings is 5. The van der Waals surface area contributed by atoms with Crippen LogP contribution in [0.15, 0.2) is 132 Å². The summed E-state index contributed by atoms with van der Waals surface area (Å²) in [5, 5.41) is 2.58. The molecule has 0 aliphatic carbocycles. The van der Waals surface area contributed by atoms with E-state index in [0.717, 1.165) is 55.2 Å². The molecular formula is C50H45FIrN4OSi-2. The van der Waals surface area contributed by atoms with E-state index in [1.54, 1.807) is 36.7 Å². The molecule has 5 aromatic carbocycles. The Bertz CT molecular complexity index is 3110. The van der Waals surface area contributed by atoms with Crippen LogP contribution in [0.2, 0.25) is 19.6 Å². The standard InChI is InChI=1S/C35H28N3O.C15H17FNSi.Ir/c1-22-12-14-23(15-13-22)26-20-21-36-34-31(26)27-8-7-9-28(32(27)39-34)33-37-29-10-5-6-11-30(29)38(33)25-18-16-24(17-19-25)35(2,3)4;1-11-9-14(12-5-7-13(16)8-6-12)17-10-15(11)18(2,3)4;/h5-8,10-21H,1-4H3;5,7-10H,1-4H3;/q2*-1;/i2*1D3;. The number of pyridine rings is 2.